The summed E-state index contributed by atoms with van der Waals surface area (Å²) in [6, 6.07) is 11.9. The van der Waals surface area contributed by atoms with Crippen LogP contribution < -0.4 is 5.32 Å². The maximum absolute atomic E-state index is 13.0. The predicted molar refractivity (Wildman–Crippen MR) is 135 cm³/mol. The lowest BCUT2D eigenvalue weighted by atomic mass is 10.1. The van der Waals surface area contributed by atoms with E-state index in [0.717, 1.165) is 22.9 Å². The highest BCUT2D eigenvalue weighted by Gasteiger charge is 2.30. The molecule has 0 aliphatic carbocycles. The van der Waals surface area contributed by atoms with Gasteiger partial charge >= 0.3 is 0 Å². The molecule has 40 heavy (non-hydrogen) atoms. The van der Waals surface area contributed by atoms with Crippen LogP contribution >= 0.6 is 11.8 Å². The third-order valence-corrected chi connectivity index (χ3v) is 6.87. The Morgan fingerprint density at radius 2 is 1.75 bits per heavy atom. The summed E-state index contributed by atoms with van der Waals surface area (Å²) in [6.45, 7) is 0. The molecule has 0 aliphatic heterocycles. The van der Waals surface area contributed by atoms with E-state index < -0.39 is 47.7 Å². The van der Waals surface area contributed by atoms with Gasteiger partial charge in [-0.1, -0.05) is 6.07 Å². The smallest absolute Gasteiger partial charge is 0.294 e. The topological polar surface area (TPSA) is 243 Å². The Bertz CT molecular complexity index is 1820. The number of nitrogens with one attached hydrogen (secondary N) is 1. The van der Waals surface area contributed by atoms with Gasteiger partial charge in [0.05, 0.1) is 37.1 Å². The summed E-state index contributed by atoms with van der Waals surface area (Å²) in [5, 5.41) is 36.9. The van der Waals surface area contributed by atoms with Crippen molar-refractivity contribution in [2.24, 2.45) is 4.99 Å². The molecule has 0 bridgehead atoms. The number of aromatic nitrogens is 4. The molecule has 0 unspecified atom stereocenters. The number of carbonyl (C=O) groups is 1. The van der Waals surface area contributed by atoms with Gasteiger partial charge in [-0.2, -0.15) is 18.1 Å². The fourth-order valence-corrected chi connectivity index (χ4v) is 4.68. The van der Waals surface area contributed by atoms with Crippen molar-refractivity contribution >= 4 is 56.6 Å². The summed E-state index contributed by atoms with van der Waals surface area (Å²) in [4.78, 5) is 48.0. The minimum absolute atomic E-state index is 0.0812. The van der Waals surface area contributed by atoms with Crippen molar-refractivity contribution in [3.8, 4) is 5.69 Å². The molecule has 1 amide bonds. The highest BCUT2D eigenvalue weighted by molar-refractivity contribution is 7.99. The van der Waals surface area contributed by atoms with Crippen LogP contribution in [0.4, 0.5) is 22.7 Å². The van der Waals surface area contributed by atoms with E-state index in [9.17, 15) is 38.2 Å². The number of benzene rings is 3. The second kappa shape index (κ2) is 11.2. The number of carbonyl (C=O) groups excluding carboxylic acids is 2. The van der Waals surface area contributed by atoms with Gasteiger partial charge in [-0.25, -0.2) is 4.79 Å². The number of amides is 1. The summed E-state index contributed by atoms with van der Waals surface area (Å²) in [7, 11) is -4.47. The molecule has 0 saturated carbocycles. The molecule has 1 heterocycles. The van der Waals surface area contributed by atoms with Crippen LogP contribution in [0.2, 0.25) is 0 Å². The lowest BCUT2D eigenvalue weighted by Gasteiger charge is -2.09. The number of hydrogen-bond donors (Lipinski definition) is 2. The molecule has 0 saturated heterocycles. The van der Waals surface area contributed by atoms with Gasteiger partial charge in [-0.15, -0.1) is 5.10 Å². The number of nitro groups is 2. The van der Waals surface area contributed by atoms with Crippen molar-refractivity contribution in [2.45, 2.75) is 14.9 Å². The monoisotopic (exact) mass is 584 g/mol. The lowest BCUT2D eigenvalue weighted by molar-refractivity contribution is -0.396. The first-order valence-corrected chi connectivity index (χ1v) is 12.7. The second-order valence-electron chi connectivity index (χ2n) is 7.50. The van der Waals surface area contributed by atoms with Crippen molar-refractivity contribution in [1.29, 1.82) is 0 Å². The van der Waals surface area contributed by atoms with Crippen molar-refractivity contribution in [1.82, 2.24) is 20.2 Å². The molecule has 17 nitrogen and oxygen atoms in total. The van der Waals surface area contributed by atoms with Gasteiger partial charge in [-0.05, 0) is 70.7 Å². The van der Waals surface area contributed by atoms with Crippen LogP contribution in [0.25, 0.3) is 5.69 Å². The van der Waals surface area contributed by atoms with Crippen LogP contribution in [0.15, 0.2) is 80.6 Å². The Morgan fingerprint density at radius 3 is 2.38 bits per heavy atom. The Hall–Kier alpha value is -5.36. The Labute approximate surface area is 226 Å². The quantitative estimate of drug-likeness (QED) is 0.0945. The number of aliphatic imine (C=N–C) groups is 1. The average molecular weight is 585 g/mol. The summed E-state index contributed by atoms with van der Waals surface area (Å²) in [5.41, 5.74) is -1.61. The second-order valence-corrected chi connectivity index (χ2v) is 9.93. The molecule has 0 radical (unpaired) electrons. The molecule has 1 aromatic heterocycles. The van der Waals surface area contributed by atoms with E-state index in [4.69, 9.17) is 4.55 Å². The Morgan fingerprint density at radius 1 is 1.05 bits per heavy atom. The van der Waals surface area contributed by atoms with E-state index in [2.05, 4.69) is 25.8 Å². The molecule has 4 aromatic rings. The molecule has 0 aliphatic rings. The maximum Gasteiger partial charge on any atom is 0.294 e. The number of isocyanates is 1. The minimum Gasteiger partial charge on any atom is -0.322 e. The molecule has 0 fully saturated rings. The van der Waals surface area contributed by atoms with E-state index >= 15 is 0 Å². The molecular weight excluding hydrogens is 572 g/mol. The Balaban J connectivity index is 1.74. The highest BCUT2D eigenvalue weighted by atomic mass is 32.2. The maximum atomic E-state index is 13.0. The first-order valence-electron chi connectivity index (χ1n) is 10.5. The number of nitrogens with zero attached hydrogens (tertiary/aromatic N) is 7. The number of anilines is 1. The van der Waals surface area contributed by atoms with Crippen molar-refractivity contribution in [3.05, 3.63) is 86.5 Å². The average Bonchev–Trinajstić information content (AvgIpc) is 3.36. The predicted octanol–water partition coefficient (Wildman–Crippen LogP) is 3.10. The zero-order valence-electron chi connectivity index (χ0n) is 19.4. The fraction of sp³-hybridized carbons (Fsp3) is 0. The largest absolute Gasteiger partial charge is 0.322 e. The molecule has 202 valence electrons. The number of nitro benzene ring substituents is 2. The number of rotatable bonds is 9. The lowest BCUT2D eigenvalue weighted by Crippen LogP contribution is -2.14. The number of tetrazole rings is 1. The molecule has 19 heteroatoms. The molecule has 3 aromatic carbocycles. The van der Waals surface area contributed by atoms with Crippen LogP contribution in [0.5, 0.6) is 0 Å². The molecule has 4 rings (SSSR count). The minimum atomic E-state index is -4.47. The SMILES string of the molecule is O=C=Nc1cccc(NC(=O)c2cc(Sc3nnnn3-c3ccc(S(=O)(=O)O)cc3)c([N+](=O)[O-])cc2[N+](=O)[O-])c1. The van der Waals surface area contributed by atoms with Crippen LogP contribution in [-0.2, 0) is 14.9 Å². The molecule has 2 N–H and O–H groups in total. The summed E-state index contributed by atoms with van der Waals surface area (Å²) in [6.07, 6.45) is 1.34. The fourth-order valence-electron chi connectivity index (χ4n) is 3.28. The van der Waals surface area contributed by atoms with E-state index in [1.54, 1.807) is 0 Å². The van der Waals surface area contributed by atoms with Crippen LogP contribution in [0.3, 0.4) is 0 Å². The highest BCUT2D eigenvalue weighted by Crippen LogP contribution is 2.39. The van der Waals surface area contributed by atoms with E-state index in [0.29, 0.717) is 17.8 Å². The summed E-state index contributed by atoms with van der Waals surface area (Å²) in [5.74, 6) is -0.990. The summed E-state index contributed by atoms with van der Waals surface area (Å²) >= 11 is 0.605. The molecule has 0 atom stereocenters. The van der Waals surface area contributed by atoms with E-state index in [-0.39, 0.29) is 27.1 Å². The molecule has 0 spiro atoms. The van der Waals surface area contributed by atoms with Crippen LogP contribution in [0.1, 0.15) is 10.4 Å². The first-order chi connectivity index (χ1) is 19.0. The zero-order chi connectivity index (χ0) is 29.0. The van der Waals surface area contributed by atoms with Gasteiger partial charge in [0.1, 0.15) is 5.56 Å². The van der Waals surface area contributed by atoms with Crippen molar-refractivity contribution < 1.29 is 32.4 Å². The van der Waals surface area contributed by atoms with Gasteiger partial charge in [0.15, 0.2) is 0 Å². The van der Waals surface area contributed by atoms with E-state index in [1.807, 2.05) is 0 Å². The standard InChI is InChI=1S/C21H12N8O9S2/c30-11-22-12-2-1-3-13(8-12)23-20(31)16-9-19(18(29(34)35)10-17(16)28(32)33)39-21-24-25-26-27(21)14-4-6-15(7-5-14)40(36,37)38/h1-10H,(H,23,31)(H,36,37,38). The van der Waals surface area contributed by atoms with Crippen LogP contribution in [-0.4, -0.2) is 55.0 Å². The van der Waals surface area contributed by atoms with Gasteiger partial charge in [0.2, 0.25) is 11.2 Å². The first kappa shape index (κ1) is 27.7. The third kappa shape index (κ3) is 6.03. The van der Waals surface area contributed by atoms with Gasteiger partial charge in [0.25, 0.3) is 27.4 Å². The Kier molecular flexibility index (Phi) is 7.73. The van der Waals surface area contributed by atoms with Gasteiger partial charge < -0.3 is 5.32 Å². The van der Waals surface area contributed by atoms with Gasteiger partial charge in [-0.3, -0.25) is 29.6 Å². The van der Waals surface area contributed by atoms with Crippen molar-refractivity contribution in [2.75, 3.05) is 5.32 Å². The normalized spacial score (nSPS) is 10.9. The molecular formula is C21H12N8O9S2. The van der Waals surface area contributed by atoms with Crippen LogP contribution in [0, 0.1) is 20.2 Å². The van der Waals surface area contributed by atoms with Gasteiger partial charge in [0, 0.05) is 5.69 Å². The summed E-state index contributed by atoms with van der Waals surface area (Å²) < 4.78 is 32.9. The van der Waals surface area contributed by atoms with E-state index in [1.165, 1.54) is 42.5 Å². The zero-order valence-corrected chi connectivity index (χ0v) is 21.1. The van der Waals surface area contributed by atoms with Crippen molar-refractivity contribution in [3.63, 3.8) is 0 Å². The third-order valence-electron chi connectivity index (χ3n) is 5.02. The number of hydrogen-bond acceptors (Lipinski definition) is 13.